The molecule has 1 aromatic carbocycles. The minimum atomic E-state index is -0.164. The average molecular weight is 415 g/mol. The number of hydrogen-bond donors (Lipinski definition) is 2. The normalized spacial score (nSPS) is 25.3. The molecule has 6 rings (SSSR count). The third kappa shape index (κ3) is 2.70. The minimum absolute atomic E-state index is 0.0612. The summed E-state index contributed by atoms with van der Waals surface area (Å²) in [4.78, 5) is 25.2. The van der Waals surface area contributed by atoms with Crippen LogP contribution in [-0.2, 0) is 4.79 Å². The predicted octanol–water partition coefficient (Wildman–Crippen LogP) is 2.51. The molecule has 1 saturated heterocycles. The van der Waals surface area contributed by atoms with E-state index in [0.717, 1.165) is 41.5 Å². The summed E-state index contributed by atoms with van der Waals surface area (Å²) < 4.78 is 7.44. The van der Waals surface area contributed by atoms with Gasteiger partial charge in [-0.3, -0.25) is 4.79 Å². The van der Waals surface area contributed by atoms with E-state index < -0.39 is 0 Å². The lowest BCUT2D eigenvalue weighted by Gasteiger charge is -2.17. The molecule has 3 N–H and O–H groups in total. The van der Waals surface area contributed by atoms with Crippen LogP contribution in [0.4, 0.5) is 5.82 Å². The molecule has 1 saturated carbocycles. The summed E-state index contributed by atoms with van der Waals surface area (Å²) in [5.74, 6) is 1.14. The first-order valence-electron chi connectivity index (χ1n) is 10.4. The van der Waals surface area contributed by atoms with Crippen LogP contribution in [0.2, 0.25) is 0 Å². The Morgan fingerprint density at radius 2 is 2.19 bits per heavy atom. The zero-order valence-corrected chi connectivity index (χ0v) is 16.7. The maximum absolute atomic E-state index is 12.3. The molecule has 0 bridgehead atoms. The number of fused-ring (bicyclic) bond motifs is 3. The Morgan fingerprint density at radius 1 is 1.29 bits per heavy atom. The molecule has 9 nitrogen and oxygen atoms in total. The quantitative estimate of drug-likeness (QED) is 0.487. The largest absolute Gasteiger partial charge is 0.443 e. The average Bonchev–Trinajstić information content (AvgIpc) is 3.54. The predicted molar refractivity (Wildman–Crippen MR) is 115 cm³/mol. The van der Waals surface area contributed by atoms with Crippen molar-refractivity contribution in [2.24, 2.45) is 11.8 Å². The molecule has 4 heterocycles. The van der Waals surface area contributed by atoms with Gasteiger partial charge < -0.3 is 15.5 Å². The smallest absolute Gasteiger partial charge is 0.181 e. The molecular formula is C22H21N7O2. The Balaban J connectivity index is 1.44. The van der Waals surface area contributed by atoms with Crippen LogP contribution in [0.25, 0.3) is 33.4 Å². The van der Waals surface area contributed by atoms with E-state index >= 15 is 0 Å². The van der Waals surface area contributed by atoms with E-state index in [1.165, 1.54) is 18.8 Å². The summed E-state index contributed by atoms with van der Waals surface area (Å²) >= 11 is 0. The number of nitrogens with two attached hydrogens (primary N) is 1. The van der Waals surface area contributed by atoms with Crippen LogP contribution in [0.15, 0.2) is 48.0 Å². The van der Waals surface area contributed by atoms with Crippen molar-refractivity contribution in [3.05, 3.63) is 43.6 Å². The van der Waals surface area contributed by atoms with Crippen molar-refractivity contribution in [3.63, 3.8) is 0 Å². The fourth-order valence-corrected chi connectivity index (χ4v) is 5.29. The third-order valence-electron chi connectivity index (χ3n) is 6.73. The lowest BCUT2D eigenvalue weighted by Crippen LogP contribution is -2.34. The number of nitrogens with one attached hydrogen (secondary N) is 1. The molecule has 2 fully saturated rings. The molecule has 3 aromatic heterocycles. The van der Waals surface area contributed by atoms with Crippen molar-refractivity contribution in [2.45, 2.75) is 24.9 Å². The second-order valence-corrected chi connectivity index (χ2v) is 8.33. The summed E-state index contributed by atoms with van der Waals surface area (Å²) in [6, 6.07) is 5.73. The summed E-state index contributed by atoms with van der Waals surface area (Å²) in [7, 11) is 0. The van der Waals surface area contributed by atoms with Gasteiger partial charge >= 0.3 is 0 Å². The van der Waals surface area contributed by atoms with E-state index in [0.29, 0.717) is 23.0 Å². The lowest BCUT2D eigenvalue weighted by atomic mass is 9.92. The van der Waals surface area contributed by atoms with Crippen LogP contribution >= 0.6 is 0 Å². The SMILES string of the molecule is C=CC(=O)C1NCC2CC(n3nc(-c4ccc5ncoc5c4)c4c(N)ncnc43)CC21. The standard InChI is InChI=1S/C22H21N7O2/c1-2-16(30)20-14-7-13(5-12(14)8-24-20)29-22-18(21(23)25-9-26-22)19(28-29)11-3-4-15-17(6-11)31-10-27-15/h2-4,6,9-10,12-14,20,24H,1,5,7-8H2,(H2,23,25,26). The molecule has 4 aromatic rings. The number of hydrogen-bond acceptors (Lipinski definition) is 8. The maximum Gasteiger partial charge on any atom is 0.181 e. The van der Waals surface area contributed by atoms with Crippen LogP contribution < -0.4 is 11.1 Å². The molecular weight excluding hydrogens is 394 g/mol. The van der Waals surface area contributed by atoms with Gasteiger partial charge in [-0.2, -0.15) is 5.10 Å². The number of benzene rings is 1. The molecule has 0 spiro atoms. The van der Waals surface area contributed by atoms with Crippen LogP contribution in [0.5, 0.6) is 0 Å². The molecule has 0 radical (unpaired) electrons. The number of oxazole rings is 1. The van der Waals surface area contributed by atoms with E-state index in [1.807, 2.05) is 22.9 Å². The fraction of sp³-hybridized carbons (Fsp3) is 0.318. The zero-order valence-electron chi connectivity index (χ0n) is 16.7. The number of nitrogens with zero attached hydrogens (tertiary/aromatic N) is 5. The topological polar surface area (TPSA) is 125 Å². The molecule has 1 aliphatic heterocycles. The Bertz CT molecular complexity index is 1340. The lowest BCUT2D eigenvalue weighted by molar-refractivity contribution is -0.117. The highest BCUT2D eigenvalue weighted by Gasteiger charge is 2.46. The molecule has 2 aliphatic rings. The summed E-state index contributed by atoms with van der Waals surface area (Å²) in [6.45, 7) is 4.48. The zero-order chi connectivity index (χ0) is 21.1. The molecule has 4 unspecified atom stereocenters. The van der Waals surface area contributed by atoms with Crippen molar-refractivity contribution in [1.29, 1.82) is 0 Å². The number of rotatable bonds is 4. The van der Waals surface area contributed by atoms with Gasteiger partial charge in [-0.05, 0) is 49.4 Å². The highest BCUT2D eigenvalue weighted by atomic mass is 16.3. The monoisotopic (exact) mass is 415 g/mol. The molecule has 0 amide bonds. The summed E-state index contributed by atoms with van der Waals surface area (Å²) in [5.41, 5.74) is 10.0. The van der Waals surface area contributed by atoms with E-state index in [9.17, 15) is 4.79 Å². The summed E-state index contributed by atoms with van der Waals surface area (Å²) in [5, 5.41) is 9.05. The van der Waals surface area contributed by atoms with Gasteiger partial charge in [0.25, 0.3) is 0 Å². The first-order valence-corrected chi connectivity index (χ1v) is 10.4. The van der Waals surface area contributed by atoms with E-state index in [1.54, 1.807) is 0 Å². The number of nitrogen functional groups attached to an aromatic ring is 1. The van der Waals surface area contributed by atoms with Gasteiger partial charge in [0.15, 0.2) is 23.4 Å². The highest BCUT2D eigenvalue weighted by Crippen LogP contribution is 2.45. The van der Waals surface area contributed by atoms with Gasteiger partial charge in [0.1, 0.15) is 23.4 Å². The number of ketones is 1. The summed E-state index contributed by atoms with van der Waals surface area (Å²) in [6.07, 6.45) is 6.10. The van der Waals surface area contributed by atoms with Crippen molar-refractivity contribution < 1.29 is 9.21 Å². The molecule has 1 aliphatic carbocycles. The molecule has 4 atom stereocenters. The van der Waals surface area contributed by atoms with Crippen LogP contribution in [-0.4, -0.2) is 43.1 Å². The van der Waals surface area contributed by atoms with Crippen molar-refractivity contribution in [2.75, 3.05) is 12.3 Å². The van der Waals surface area contributed by atoms with Crippen molar-refractivity contribution >= 4 is 33.7 Å². The van der Waals surface area contributed by atoms with E-state index in [4.69, 9.17) is 15.2 Å². The maximum atomic E-state index is 12.3. The minimum Gasteiger partial charge on any atom is -0.443 e. The Morgan fingerprint density at radius 3 is 3.06 bits per heavy atom. The van der Waals surface area contributed by atoms with Gasteiger partial charge in [-0.25, -0.2) is 19.6 Å². The second kappa shape index (κ2) is 6.71. The van der Waals surface area contributed by atoms with Crippen LogP contribution in [0.1, 0.15) is 18.9 Å². The van der Waals surface area contributed by atoms with Crippen LogP contribution in [0.3, 0.4) is 0 Å². The first-order chi connectivity index (χ1) is 15.1. The number of aromatic nitrogens is 5. The van der Waals surface area contributed by atoms with Crippen LogP contribution in [0, 0.1) is 11.8 Å². The van der Waals surface area contributed by atoms with E-state index in [2.05, 4.69) is 26.8 Å². The molecule has 156 valence electrons. The van der Waals surface area contributed by atoms with Crippen molar-refractivity contribution in [1.82, 2.24) is 30.0 Å². The van der Waals surface area contributed by atoms with E-state index in [-0.39, 0.29) is 23.8 Å². The Labute approximate surface area is 177 Å². The van der Waals surface area contributed by atoms with Gasteiger partial charge in [0, 0.05) is 5.56 Å². The first kappa shape index (κ1) is 18.2. The Hall–Kier alpha value is -3.59. The van der Waals surface area contributed by atoms with Gasteiger partial charge in [-0.1, -0.05) is 12.6 Å². The number of carbonyl (C=O) groups is 1. The van der Waals surface area contributed by atoms with Crippen molar-refractivity contribution in [3.8, 4) is 11.3 Å². The fourth-order valence-electron chi connectivity index (χ4n) is 5.29. The number of carbonyl (C=O) groups excluding carboxylic acids is 1. The molecule has 9 heteroatoms. The number of anilines is 1. The van der Waals surface area contributed by atoms with Gasteiger partial charge in [0.2, 0.25) is 0 Å². The third-order valence-corrected chi connectivity index (χ3v) is 6.73. The van der Waals surface area contributed by atoms with Gasteiger partial charge in [-0.15, -0.1) is 0 Å². The second-order valence-electron chi connectivity index (χ2n) is 8.33. The Kier molecular flexibility index (Phi) is 3.94. The molecule has 31 heavy (non-hydrogen) atoms. The van der Waals surface area contributed by atoms with Gasteiger partial charge in [0.05, 0.1) is 17.5 Å². The highest BCUT2D eigenvalue weighted by molar-refractivity contribution is 5.99.